The number of hydrogen-bond donors (Lipinski definition) is 0. The van der Waals surface area contributed by atoms with Crippen LogP contribution >= 0.6 is 0 Å². The maximum absolute atomic E-state index is 2.76. The molecule has 20 heavy (non-hydrogen) atoms. The van der Waals surface area contributed by atoms with Crippen LogP contribution in [0.3, 0.4) is 0 Å². The molecular formula is C20H32. The zero-order chi connectivity index (χ0) is 13.5. The molecule has 5 rings (SSSR count). The summed E-state index contributed by atoms with van der Waals surface area (Å²) in [6, 6.07) is 0. The van der Waals surface area contributed by atoms with E-state index in [1.54, 1.807) is 57.8 Å². The standard InChI is InChI=1S/C20H32/c1-19-10-3-4-16(19)15-8-7-14-6-5-13-12-18(13)20(14,2)17(15)9-11-19/h13-18H,3-12H2,1-2H3/t13-,14-,15+,16+,17+,18?,19+,20+/m1/s1. The maximum Gasteiger partial charge on any atom is -0.0235 e. The first kappa shape index (κ1) is 12.5. The Kier molecular flexibility index (Phi) is 2.41. The van der Waals surface area contributed by atoms with Gasteiger partial charge in [0.05, 0.1) is 0 Å². The van der Waals surface area contributed by atoms with Gasteiger partial charge in [-0.15, -0.1) is 0 Å². The molecule has 0 aromatic carbocycles. The van der Waals surface area contributed by atoms with Gasteiger partial charge in [-0.3, -0.25) is 0 Å². The molecule has 0 saturated heterocycles. The summed E-state index contributed by atoms with van der Waals surface area (Å²) in [5.41, 5.74) is 1.53. The molecule has 0 heteroatoms. The summed E-state index contributed by atoms with van der Waals surface area (Å²) in [4.78, 5) is 0. The Morgan fingerprint density at radius 2 is 1.60 bits per heavy atom. The van der Waals surface area contributed by atoms with Crippen LogP contribution in [0.4, 0.5) is 0 Å². The van der Waals surface area contributed by atoms with Crippen LogP contribution in [-0.4, -0.2) is 0 Å². The summed E-state index contributed by atoms with van der Waals surface area (Å²) in [6.07, 6.45) is 15.8. The lowest BCUT2D eigenvalue weighted by Crippen LogP contribution is -2.53. The quantitative estimate of drug-likeness (QED) is 0.533. The van der Waals surface area contributed by atoms with Gasteiger partial charge in [0.1, 0.15) is 0 Å². The molecule has 0 radical (unpaired) electrons. The third-order valence-electron chi connectivity index (χ3n) is 9.35. The summed E-state index contributed by atoms with van der Waals surface area (Å²) >= 11 is 0. The van der Waals surface area contributed by atoms with Crippen LogP contribution in [-0.2, 0) is 0 Å². The van der Waals surface area contributed by atoms with Crippen LogP contribution in [0.15, 0.2) is 0 Å². The summed E-state index contributed by atoms with van der Waals surface area (Å²) in [5, 5.41) is 0. The van der Waals surface area contributed by atoms with Crippen molar-refractivity contribution < 1.29 is 0 Å². The Hall–Kier alpha value is 0. The van der Waals surface area contributed by atoms with Gasteiger partial charge in [-0.25, -0.2) is 0 Å². The Morgan fingerprint density at radius 1 is 0.750 bits per heavy atom. The van der Waals surface area contributed by atoms with Crippen LogP contribution in [0.2, 0.25) is 0 Å². The van der Waals surface area contributed by atoms with E-state index < -0.39 is 0 Å². The second-order valence-electron chi connectivity index (χ2n) is 9.78. The maximum atomic E-state index is 2.76. The fourth-order valence-electron chi connectivity index (χ4n) is 8.24. The van der Waals surface area contributed by atoms with Crippen molar-refractivity contribution in [1.82, 2.24) is 0 Å². The Balaban J connectivity index is 1.51. The molecule has 0 N–H and O–H groups in total. The third-order valence-corrected chi connectivity index (χ3v) is 9.35. The highest BCUT2D eigenvalue weighted by molar-refractivity contribution is 5.13. The van der Waals surface area contributed by atoms with E-state index in [1.165, 1.54) is 6.42 Å². The van der Waals surface area contributed by atoms with Gasteiger partial charge in [0, 0.05) is 0 Å². The van der Waals surface area contributed by atoms with E-state index >= 15 is 0 Å². The molecular weight excluding hydrogens is 240 g/mol. The highest BCUT2D eigenvalue weighted by atomic mass is 14.7. The van der Waals surface area contributed by atoms with Gasteiger partial charge in [0.2, 0.25) is 0 Å². The van der Waals surface area contributed by atoms with E-state index in [0.717, 1.165) is 46.3 Å². The zero-order valence-corrected chi connectivity index (χ0v) is 13.5. The summed E-state index contributed by atoms with van der Waals surface area (Å²) in [5.74, 6) is 6.77. The summed E-state index contributed by atoms with van der Waals surface area (Å²) in [6.45, 7) is 5.41. The third kappa shape index (κ3) is 1.40. The van der Waals surface area contributed by atoms with E-state index in [9.17, 15) is 0 Å². The smallest absolute Gasteiger partial charge is 0.0235 e. The molecule has 0 nitrogen and oxygen atoms in total. The van der Waals surface area contributed by atoms with Crippen molar-refractivity contribution in [1.29, 1.82) is 0 Å². The Morgan fingerprint density at radius 3 is 2.50 bits per heavy atom. The molecule has 5 fully saturated rings. The van der Waals surface area contributed by atoms with Crippen LogP contribution in [0, 0.1) is 46.3 Å². The Bertz CT molecular complexity index is 426. The van der Waals surface area contributed by atoms with E-state index in [2.05, 4.69) is 13.8 Å². The molecule has 0 spiro atoms. The molecule has 8 atom stereocenters. The van der Waals surface area contributed by atoms with Gasteiger partial charge >= 0.3 is 0 Å². The molecule has 0 amide bonds. The molecule has 0 aromatic rings. The van der Waals surface area contributed by atoms with Crippen molar-refractivity contribution >= 4 is 0 Å². The lowest BCUT2D eigenvalue weighted by atomic mass is 9.45. The molecule has 5 aliphatic rings. The Labute approximate surface area is 125 Å². The van der Waals surface area contributed by atoms with Crippen molar-refractivity contribution in [2.75, 3.05) is 0 Å². The number of fused-ring (bicyclic) bond motifs is 7. The first-order chi connectivity index (χ1) is 9.63. The van der Waals surface area contributed by atoms with Gasteiger partial charge < -0.3 is 0 Å². The molecule has 0 bridgehead atoms. The fourth-order valence-corrected chi connectivity index (χ4v) is 8.24. The lowest BCUT2D eigenvalue weighted by Gasteiger charge is -2.60. The van der Waals surface area contributed by atoms with E-state index in [1.807, 2.05) is 0 Å². The van der Waals surface area contributed by atoms with Gasteiger partial charge in [0.15, 0.2) is 0 Å². The van der Waals surface area contributed by atoms with Crippen molar-refractivity contribution in [2.24, 2.45) is 46.3 Å². The highest BCUT2D eigenvalue weighted by Gasteiger charge is 2.64. The van der Waals surface area contributed by atoms with Crippen LogP contribution in [0.5, 0.6) is 0 Å². The van der Waals surface area contributed by atoms with Crippen molar-refractivity contribution in [2.45, 2.75) is 78.1 Å². The minimum atomic E-state index is 0.752. The molecule has 5 saturated carbocycles. The monoisotopic (exact) mass is 272 g/mol. The molecule has 0 aromatic heterocycles. The minimum absolute atomic E-state index is 0.752. The van der Waals surface area contributed by atoms with Gasteiger partial charge in [-0.1, -0.05) is 20.3 Å². The predicted octanol–water partition coefficient (Wildman–Crippen LogP) is 5.67. The van der Waals surface area contributed by atoms with Crippen LogP contribution < -0.4 is 0 Å². The largest absolute Gasteiger partial charge is 0.0594 e. The lowest BCUT2D eigenvalue weighted by molar-refractivity contribution is -0.111. The SMILES string of the molecule is C[C@@]12CCC[C@H]1[C@@H]1CC[C@H]3CC[C@@H]4CC4[C@]3(C)[C@H]1CC2. The van der Waals surface area contributed by atoms with Gasteiger partial charge in [0.25, 0.3) is 0 Å². The summed E-state index contributed by atoms with van der Waals surface area (Å²) < 4.78 is 0. The predicted molar refractivity (Wildman–Crippen MR) is 83.3 cm³/mol. The second kappa shape index (κ2) is 3.85. The van der Waals surface area contributed by atoms with Crippen molar-refractivity contribution in [3.63, 3.8) is 0 Å². The normalized spacial score (nSPS) is 63.9. The van der Waals surface area contributed by atoms with E-state index in [4.69, 9.17) is 0 Å². The van der Waals surface area contributed by atoms with Gasteiger partial charge in [-0.2, -0.15) is 0 Å². The molecule has 5 aliphatic carbocycles. The zero-order valence-electron chi connectivity index (χ0n) is 13.5. The minimum Gasteiger partial charge on any atom is -0.0594 e. The first-order valence-electron chi connectivity index (χ1n) is 9.63. The average Bonchev–Trinajstić information content (AvgIpc) is 3.13. The first-order valence-corrected chi connectivity index (χ1v) is 9.63. The topological polar surface area (TPSA) is 0 Å². The van der Waals surface area contributed by atoms with Crippen LogP contribution in [0.25, 0.3) is 0 Å². The number of rotatable bonds is 0. The van der Waals surface area contributed by atoms with Crippen molar-refractivity contribution in [3.8, 4) is 0 Å². The fraction of sp³-hybridized carbons (Fsp3) is 1.00. The second-order valence-corrected chi connectivity index (χ2v) is 9.78. The van der Waals surface area contributed by atoms with Crippen molar-refractivity contribution in [3.05, 3.63) is 0 Å². The molecule has 0 heterocycles. The highest BCUT2D eigenvalue weighted by Crippen LogP contribution is 2.72. The molecule has 112 valence electrons. The van der Waals surface area contributed by atoms with E-state index in [0.29, 0.717) is 0 Å². The van der Waals surface area contributed by atoms with E-state index in [-0.39, 0.29) is 0 Å². The molecule has 0 aliphatic heterocycles. The van der Waals surface area contributed by atoms with Crippen LogP contribution in [0.1, 0.15) is 78.1 Å². The van der Waals surface area contributed by atoms with Gasteiger partial charge in [-0.05, 0) is 104 Å². The summed E-state index contributed by atoms with van der Waals surface area (Å²) in [7, 11) is 0. The average molecular weight is 272 g/mol. The number of hydrogen-bond acceptors (Lipinski definition) is 0. The molecule has 1 unspecified atom stereocenters.